The summed E-state index contributed by atoms with van der Waals surface area (Å²) in [6, 6.07) is 22.5. The van der Waals surface area contributed by atoms with E-state index in [1.165, 1.54) is 23.3 Å². The molecule has 0 saturated heterocycles. The van der Waals surface area contributed by atoms with Gasteiger partial charge in [-0.3, -0.25) is 4.79 Å². The molecule has 3 aromatic rings. The van der Waals surface area contributed by atoms with Gasteiger partial charge in [0.15, 0.2) is 5.78 Å². The molecule has 1 heterocycles. The second-order valence-corrected chi connectivity index (χ2v) is 12.6. The molecule has 6 nitrogen and oxygen atoms in total. The average Bonchev–Trinajstić information content (AvgIpc) is 3.22. The molecule has 0 saturated carbocycles. The maximum atomic E-state index is 13.4. The number of carbonyl (C=O) groups excluding carboxylic acids is 2. The number of aryl methyl sites for hydroxylation is 1. The molecule has 2 aliphatic rings. The Morgan fingerprint density at radius 2 is 1.77 bits per heavy atom. The number of benzene rings is 3. The van der Waals surface area contributed by atoms with Gasteiger partial charge in [-0.15, -0.1) is 0 Å². The predicted octanol–water partition coefficient (Wildman–Crippen LogP) is 8.03. The Hall–Kier alpha value is -4.23. The number of phenols is 1. The Labute approximate surface area is 264 Å². The van der Waals surface area contributed by atoms with E-state index in [1.807, 2.05) is 60.3 Å². The number of phenolic OH excluding ortho intramolecular Hbond substituents is 1. The predicted molar refractivity (Wildman–Crippen MR) is 179 cm³/mol. The molecule has 44 heavy (non-hydrogen) atoms. The van der Waals surface area contributed by atoms with Crippen molar-refractivity contribution in [2.24, 2.45) is 0 Å². The van der Waals surface area contributed by atoms with Crippen LogP contribution in [0.15, 0.2) is 107 Å². The van der Waals surface area contributed by atoms with Crippen LogP contribution >= 0.6 is 11.8 Å². The number of esters is 1. The first-order valence-corrected chi connectivity index (χ1v) is 16.1. The van der Waals surface area contributed by atoms with Gasteiger partial charge >= 0.3 is 5.97 Å². The molecular weight excluding hydrogens is 568 g/mol. The van der Waals surface area contributed by atoms with Gasteiger partial charge in [0.25, 0.3) is 0 Å². The Kier molecular flexibility index (Phi) is 10.6. The van der Waals surface area contributed by atoms with E-state index in [-0.39, 0.29) is 22.9 Å². The Morgan fingerprint density at radius 3 is 2.55 bits per heavy atom. The highest BCUT2D eigenvalue weighted by molar-refractivity contribution is 8.03. The maximum Gasteiger partial charge on any atom is 0.328 e. The lowest BCUT2D eigenvalue weighted by molar-refractivity contribution is -0.141. The fraction of sp³-hybridized carbons (Fsp3) is 0.297. The molecule has 5 rings (SSSR count). The summed E-state index contributed by atoms with van der Waals surface area (Å²) in [7, 11) is 1.39. The van der Waals surface area contributed by atoms with Crippen LogP contribution in [0.5, 0.6) is 5.75 Å². The normalized spacial score (nSPS) is 17.0. The number of carbonyl (C=O) groups is 2. The maximum absolute atomic E-state index is 13.4. The van der Waals surface area contributed by atoms with E-state index in [2.05, 4.69) is 47.9 Å². The molecule has 0 aromatic heterocycles. The summed E-state index contributed by atoms with van der Waals surface area (Å²) >= 11 is 1.82. The summed E-state index contributed by atoms with van der Waals surface area (Å²) < 4.78 is 5.14. The van der Waals surface area contributed by atoms with Crippen molar-refractivity contribution >= 4 is 29.2 Å². The zero-order chi connectivity index (χ0) is 30.9. The van der Waals surface area contributed by atoms with Gasteiger partial charge in [-0.25, -0.2) is 4.79 Å². The number of nitrogens with one attached hydrogen (secondary N) is 2. The SMILES string of the molecule is COC(=O)C(Cc1ccc(CCCC2=C(C)SC(c3ccc(O)cc3)N2)cc1)Nc1ccccc1C(=O)C1=CC=CCCC1. The lowest BCUT2D eigenvalue weighted by Gasteiger charge is -2.20. The second kappa shape index (κ2) is 15.0. The van der Waals surface area contributed by atoms with Crippen molar-refractivity contribution in [2.45, 2.75) is 63.3 Å². The summed E-state index contributed by atoms with van der Waals surface area (Å²) in [4.78, 5) is 27.5. The van der Waals surface area contributed by atoms with E-state index in [0.717, 1.165) is 55.2 Å². The highest BCUT2D eigenvalue weighted by Gasteiger charge is 2.24. The topological polar surface area (TPSA) is 87.7 Å². The third-order valence-electron chi connectivity index (χ3n) is 8.10. The minimum absolute atomic E-state index is 0.0131. The van der Waals surface area contributed by atoms with E-state index >= 15 is 0 Å². The lowest BCUT2D eigenvalue weighted by Crippen LogP contribution is -2.33. The van der Waals surface area contributed by atoms with E-state index < -0.39 is 6.04 Å². The highest BCUT2D eigenvalue weighted by atomic mass is 32.2. The number of methoxy groups -OCH3 is 1. The van der Waals surface area contributed by atoms with Crippen LogP contribution in [0.1, 0.15) is 71.5 Å². The van der Waals surface area contributed by atoms with Gasteiger partial charge in [-0.05, 0) is 86.4 Å². The van der Waals surface area contributed by atoms with Crippen molar-refractivity contribution in [1.29, 1.82) is 0 Å². The number of ether oxygens (including phenoxy) is 1. The second-order valence-electron chi connectivity index (χ2n) is 11.2. The van der Waals surface area contributed by atoms with Crippen molar-refractivity contribution in [3.8, 4) is 5.75 Å². The van der Waals surface area contributed by atoms with Gasteiger partial charge in [0.2, 0.25) is 0 Å². The van der Waals surface area contributed by atoms with Crippen LogP contribution in [0.2, 0.25) is 0 Å². The number of aromatic hydroxyl groups is 1. The number of Topliss-reactive ketones (excluding diaryl/α,β-unsaturated/α-hetero) is 1. The molecule has 0 bridgehead atoms. The van der Waals surface area contributed by atoms with Gasteiger partial charge in [-0.1, -0.05) is 78.5 Å². The van der Waals surface area contributed by atoms with Crippen molar-refractivity contribution < 1.29 is 19.4 Å². The van der Waals surface area contributed by atoms with Crippen LogP contribution in [0.25, 0.3) is 0 Å². The molecule has 228 valence electrons. The number of hydrogen-bond donors (Lipinski definition) is 3. The zero-order valence-corrected chi connectivity index (χ0v) is 26.2. The van der Waals surface area contributed by atoms with Crippen LogP contribution in [0.4, 0.5) is 5.69 Å². The summed E-state index contributed by atoms with van der Waals surface area (Å²) in [6.07, 6.45) is 12.0. The first-order valence-electron chi connectivity index (χ1n) is 15.2. The van der Waals surface area contributed by atoms with Gasteiger partial charge < -0.3 is 20.5 Å². The lowest BCUT2D eigenvalue weighted by atomic mass is 9.97. The fourth-order valence-corrected chi connectivity index (χ4v) is 6.75. The average molecular weight is 609 g/mol. The van der Waals surface area contributed by atoms with Crippen molar-refractivity contribution in [2.75, 3.05) is 12.4 Å². The van der Waals surface area contributed by atoms with Crippen LogP contribution in [0, 0.1) is 0 Å². The van der Waals surface area contributed by atoms with Crippen LogP contribution in [-0.2, 0) is 22.4 Å². The standard InChI is InChI=1S/C37H40N2O4S/c1-25-32(39-36(44-25)29-20-22-30(40)23-21-29)15-9-10-26-16-18-27(19-17-26)24-34(37(42)43-2)38-33-14-8-7-13-31(33)35(41)28-11-5-3-4-6-12-28/h3,5,7-8,11,13-14,16-23,34,36,38-40H,4,6,9-10,12,15,24H2,1-2H3. The number of allylic oxidation sites excluding steroid dienone is 6. The molecule has 1 aliphatic carbocycles. The number of hydrogen-bond acceptors (Lipinski definition) is 7. The number of rotatable bonds is 12. The Bertz CT molecular complexity index is 1560. The zero-order valence-electron chi connectivity index (χ0n) is 25.3. The van der Waals surface area contributed by atoms with Crippen molar-refractivity contribution in [1.82, 2.24) is 5.32 Å². The number of anilines is 1. The van der Waals surface area contributed by atoms with Crippen LogP contribution in [0.3, 0.4) is 0 Å². The number of thioether (sulfide) groups is 1. The van der Waals surface area contributed by atoms with E-state index in [0.29, 0.717) is 17.7 Å². The summed E-state index contributed by atoms with van der Waals surface area (Å²) in [5.74, 6) is -0.104. The third-order valence-corrected chi connectivity index (χ3v) is 9.33. The van der Waals surface area contributed by atoms with Crippen molar-refractivity contribution in [3.63, 3.8) is 0 Å². The largest absolute Gasteiger partial charge is 0.508 e. The van der Waals surface area contributed by atoms with E-state index in [4.69, 9.17) is 4.74 Å². The molecule has 7 heteroatoms. The quantitative estimate of drug-likeness (QED) is 0.142. The van der Waals surface area contributed by atoms with Gasteiger partial charge in [0, 0.05) is 33.8 Å². The fourth-order valence-electron chi connectivity index (χ4n) is 5.60. The summed E-state index contributed by atoms with van der Waals surface area (Å²) in [5, 5.41) is 16.7. The molecule has 0 fully saturated rings. The van der Waals surface area contributed by atoms with Gasteiger partial charge in [0.1, 0.15) is 17.2 Å². The van der Waals surface area contributed by atoms with E-state index in [1.54, 1.807) is 12.1 Å². The van der Waals surface area contributed by atoms with Crippen LogP contribution < -0.4 is 10.6 Å². The molecule has 1 aliphatic heterocycles. The smallest absolute Gasteiger partial charge is 0.328 e. The number of ketones is 1. The van der Waals surface area contributed by atoms with Gasteiger partial charge in [-0.2, -0.15) is 0 Å². The van der Waals surface area contributed by atoms with Gasteiger partial charge in [0.05, 0.1) is 7.11 Å². The first-order chi connectivity index (χ1) is 21.4. The molecule has 2 atom stereocenters. The molecule has 0 amide bonds. The molecule has 3 aromatic carbocycles. The summed E-state index contributed by atoms with van der Waals surface area (Å²) in [5.41, 5.74) is 6.68. The molecular formula is C37H40N2O4S. The number of para-hydroxylation sites is 1. The molecule has 0 radical (unpaired) electrons. The third kappa shape index (κ3) is 8.03. The Balaban J connectivity index is 1.17. The van der Waals surface area contributed by atoms with Crippen molar-refractivity contribution in [3.05, 3.63) is 129 Å². The molecule has 0 spiro atoms. The van der Waals surface area contributed by atoms with E-state index in [9.17, 15) is 14.7 Å². The van der Waals surface area contributed by atoms with Crippen LogP contribution in [-0.4, -0.2) is 30.0 Å². The summed E-state index contributed by atoms with van der Waals surface area (Å²) in [6.45, 7) is 2.16. The molecule has 2 unspecified atom stereocenters. The minimum atomic E-state index is -0.634. The minimum Gasteiger partial charge on any atom is -0.508 e. The molecule has 3 N–H and O–H groups in total. The first kappa shape index (κ1) is 31.2. The highest BCUT2D eigenvalue weighted by Crippen LogP contribution is 2.41. The Morgan fingerprint density at radius 1 is 1.02 bits per heavy atom. The monoisotopic (exact) mass is 608 g/mol.